The molecule has 6 heteroatoms. The topological polar surface area (TPSA) is 75.2 Å². The lowest BCUT2D eigenvalue weighted by Gasteiger charge is -2.20. The molecule has 0 aliphatic heterocycles. The molecule has 0 radical (unpaired) electrons. The zero-order valence-corrected chi connectivity index (χ0v) is 11.8. The van der Waals surface area contributed by atoms with Crippen LogP contribution in [-0.4, -0.2) is 37.6 Å². The molecule has 0 atom stereocenters. The van der Waals surface area contributed by atoms with Crippen molar-refractivity contribution in [2.45, 2.75) is 12.8 Å². The Morgan fingerprint density at radius 2 is 2.37 bits per heavy atom. The molecule has 1 aliphatic rings. The molecule has 0 unspecified atom stereocenters. The van der Waals surface area contributed by atoms with Gasteiger partial charge in [0.1, 0.15) is 11.7 Å². The van der Waals surface area contributed by atoms with Gasteiger partial charge in [-0.1, -0.05) is 11.6 Å². The quantitative estimate of drug-likeness (QED) is 0.455. The highest BCUT2D eigenvalue weighted by atomic mass is 35.5. The van der Waals surface area contributed by atoms with Gasteiger partial charge in [-0.25, -0.2) is 4.98 Å². The Morgan fingerprint density at radius 1 is 1.63 bits per heavy atom. The number of nitrogen functional groups attached to an aromatic ring is 1. The fourth-order valence-corrected chi connectivity index (χ4v) is 2.11. The van der Waals surface area contributed by atoms with E-state index < -0.39 is 0 Å². The van der Waals surface area contributed by atoms with Crippen LogP contribution in [0.25, 0.3) is 0 Å². The van der Waals surface area contributed by atoms with Gasteiger partial charge in [0, 0.05) is 32.0 Å². The minimum atomic E-state index is -0.0490. The summed E-state index contributed by atoms with van der Waals surface area (Å²) in [6.07, 6.45) is 4.20. The van der Waals surface area contributed by atoms with Crippen molar-refractivity contribution >= 4 is 23.3 Å². The molecular formula is C13H19ClN4O. The van der Waals surface area contributed by atoms with Crippen LogP contribution < -0.4 is 10.6 Å². The Hall–Kier alpha value is -1.33. The van der Waals surface area contributed by atoms with Crippen molar-refractivity contribution in [3.05, 3.63) is 22.8 Å². The number of ether oxygens (including phenoxy) is 1. The number of nitrogens with zero attached hydrogens (tertiary/aromatic N) is 2. The van der Waals surface area contributed by atoms with Gasteiger partial charge in [0.15, 0.2) is 0 Å². The molecule has 0 amide bonds. The third-order valence-electron chi connectivity index (χ3n) is 3.14. The summed E-state index contributed by atoms with van der Waals surface area (Å²) in [6, 6.07) is 1.64. The molecule has 1 heterocycles. The van der Waals surface area contributed by atoms with Gasteiger partial charge in [-0.3, -0.25) is 5.41 Å². The highest BCUT2D eigenvalue weighted by Crippen LogP contribution is 2.29. The first-order valence-corrected chi connectivity index (χ1v) is 6.75. The first-order valence-electron chi connectivity index (χ1n) is 6.37. The monoisotopic (exact) mass is 282 g/mol. The summed E-state index contributed by atoms with van der Waals surface area (Å²) in [5, 5.41) is 7.87. The Balaban J connectivity index is 1.91. The number of halogens is 1. The van der Waals surface area contributed by atoms with Gasteiger partial charge in [0.25, 0.3) is 0 Å². The van der Waals surface area contributed by atoms with Crippen LogP contribution in [0.2, 0.25) is 5.02 Å². The van der Waals surface area contributed by atoms with E-state index in [9.17, 15) is 0 Å². The van der Waals surface area contributed by atoms with Crippen molar-refractivity contribution in [2.24, 2.45) is 11.7 Å². The summed E-state index contributed by atoms with van der Waals surface area (Å²) in [5.41, 5.74) is 5.98. The average Bonchev–Trinajstić information content (AvgIpc) is 3.18. The standard InChI is InChI=1S/C13H19ClN4O/c1-18(6-7-19-8-9-2-3-9)13-11(14)10(12(15)16)4-5-17-13/h4-5,9H,2-3,6-8H2,1H3,(H3,15,16). The van der Waals surface area contributed by atoms with Crippen LogP contribution in [0.3, 0.4) is 0 Å². The normalized spacial score (nSPS) is 14.4. The van der Waals surface area contributed by atoms with E-state index in [-0.39, 0.29) is 5.84 Å². The van der Waals surface area contributed by atoms with Gasteiger partial charge in [0.2, 0.25) is 0 Å². The van der Waals surface area contributed by atoms with Gasteiger partial charge in [-0.2, -0.15) is 0 Å². The summed E-state index contributed by atoms with van der Waals surface area (Å²) >= 11 is 6.21. The molecule has 0 aromatic carbocycles. The predicted molar refractivity (Wildman–Crippen MR) is 77.1 cm³/mol. The maximum Gasteiger partial charge on any atom is 0.147 e. The summed E-state index contributed by atoms with van der Waals surface area (Å²) < 4.78 is 5.59. The second-order valence-corrected chi connectivity index (χ2v) is 5.23. The van der Waals surface area contributed by atoms with E-state index in [1.165, 1.54) is 12.8 Å². The SMILES string of the molecule is CN(CCOCC1CC1)c1nccc(C(=N)N)c1Cl. The van der Waals surface area contributed by atoms with E-state index in [0.29, 0.717) is 29.6 Å². The van der Waals surface area contributed by atoms with E-state index in [1.807, 2.05) is 11.9 Å². The maximum atomic E-state index is 7.46. The third-order valence-corrected chi connectivity index (χ3v) is 3.52. The molecular weight excluding hydrogens is 264 g/mol. The zero-order chi connectivity index (χ0) is 13.8. The smallest absolute Gasteiger partial charge is 0.147 e. The average molecular weight is 283 g/mol. The van der Waals surface area contributed by atoms with E-state index in [2.05, 4.69) is 4.98 Å². The summed E-state index contributed by atoms with van der Waals surface area (Å²) in [4.78, 5) is 6.15. The molecule has 1 aromatic rings. The van der Waals surface area contributed by atoms with E-state index in [4.69, 9.17) is 27.5 Å². The highest BCUT2D eigenvalue weighted by Gasteiger charge is 2.21. The minimum absolute atomic E-state index is 0.0490. The van der Waals surface area contributed by atoms with Crippen LogP contribution in [-0.2, 0) is 4.74 Å². The fraction of sp³-hybridized carbons (Fsp3) is 0.538. The second kappa shape index (κ2) is 6.21. The van der Waals surface area contributed by atoms with Crippen LogP contribution >= 0.6 is 11.6 Å². The lowest BCUT2D eigenvalue weighted by molar-refractivity contribution is 0.131. The van der Waals surface area contributed by atoms with Crippen molar-refractivity contribution in [1.29, 1.82) is 5.41 Å². The number of nitrogens with one attached hydrogen (secondary N) is 1. The Labute approximate surface area is 118 Å². The van der Waals surface area contributed by atoms with Crippen LogP contribution in [0, 0.1) is 11.3 Å². The number of rotatable bonds is 7. The molecule has 1 aromatic heterocycles. The summed E-state index contributed by atoms with van der Waals surface area (Å²) in [6.45, 7) is 2.21. The Kier molecular flexibility index (Phi) is 4.61. The van der Waals surface area contributed by atoms with E-state index in [1.54, 1.807) is 12.3 Å². The van der Waals surface area contributed by atoms with Gasteiger partial charge >= 0.3 is 0 Å². The number of anilines is 1. The second-order valence-electron chi connectivity index (χ2n) is 4.85. The molecule has 1 aliphatic carbocycles. The minimum Gasteiger partial charge on any atom is -0.384 e. The zero-order valence-electron chi connectivity index (χ0n) is 11.0. The van der Waals surface area contributed by atoms with Crippen LogP contribution in [0.5, 0.6) is 0 Å². The molecule has 0 spiro atoms. The van der Waals surface area contributed by atoms with Crippen molar-refractivity contribution in [2.75, 3.05) is 31.7 Å². The molecule has 2 rings (SSSR count). The number of likely N-dealkylation sites (N-methyl/N-ethyl adjacent to an activating group) is 1. The highest BCUT2D eigenvalue weighted by molar-refractivity contribution is 6.36. The Morgan fingerprint density at radius 3 is 3.00 bits per heavy atom. The van der Waals surface area contributed by atoms with Gasteiger partial charge < -0.3 is 15.4 Å². The first kappa shape index (κ1) is 14.1. The predicted octanol–water partition coefficient (Wildman–Crippen LogP) is 1.88. The van der Waals surface area contributed by atoms with Gasteiger partial charge in [-0.15, -0.1) is 0 Å². The van der Waals surface area contributed by atoms with Crippen LogP contribution in [0.1, 0.15) is 18.4 Å². The van der Waals surface area contributed by atoms with Crippen molar-refractivity contribution in [1.82, 2.24) is 4.98 Å². The van der Waals surface area contributed by atoms with Gasteiger partial charge in [0.05, 0.1) is 11.6 Å². The number of amidine groups is 1. The van der Waals surface area contributed by atoms with Crippen molar-refractivity contribution < 1.29 is 4.74 Å². The Bertz CT molecular complexity index is 462. The lowest BCUT2D eigenvalue weighted by atomic mass is 10.2. The molecule has 5 nitrogen and oxygen atoms in total. The first-order chi connectivity index (χ1) is 9.09. The molecule has 3 N–H and O–H groups in total. The summed E-state index contributed by atoms with van der Waals surface area (Å²) in [7, 11) is 1.90. The van der Waals surface area contributed by atoms with Crippen LogP contribution in [0.15, 0.2) is 12.3 Å². The molecule has 19 heavy (non-hydrogen) atoms. The largest absolute Gasteiger partial charge is 0.384 e. The molecule has 0 saturated heterocycles. The fourth-order valence-electron chi connectivity index (χ4n) is 1.75. The number of aromatic nitrogens is 1. The molecule has 104 valence electrons. The molecule has 0 bridgehead atoms. The van der Waals surface area contributed by atoms with Crippen LogP contribution in [0.4, 0.5) is 5.82 Å². The maximum absolute atomic E-state index is 7.46. The third kappa shape index (κ3) is 3.81. The lowest BCUT2D eigenvalue weighted by Crippen LogP contribution is -2.25. The van der Waals surface area contributed by atoms with Gasteiger partial charge in [-0.05, 0) is 24.8 Å². The van der Waals surface area contributed by atoms with E-state index >= 15 is 0 Å². The number of hydrogen-bond acceptors (Lipinski definition) is 4. The summed E-state index contributed by atoms with van der Waals surface area (Å²) in [5.74, 6) is 1.35. The van der Waals surface area contributed by atoms with Crippen molar-refractivity contribution in [3.8, 4) is 0 Å². The molecule has 1 fully saturated rings. The van der Waals surface area contributed by atoms with E-state index in [0.717, 1.165) is 12.5 Å². The number of hydrogen-bond donors (Lipinski definition) is 2. The number of pyridine rings is 1. The number of nitrogens with two attached hydrogens (primary N) is 1. The van der Waals surface area contributed by atoms with Crippen molar-refractivity contribution in [3.63, 3.8) is 0 Å². The molecule has 1 saturated carbocycles.